The fraction of sp³-hybridized carbons (Fsp3) is 0.158. The Morgan fingerprint density at radius 2 is 1.76 bits per heavy atom. The molecule has 0 fully saturated rings. The maximum atomic E-state index is 5.85. The van der Waals surface area contributed by atoms with E-state index in [-0.39, 0.29) is 5.11 Å². The van der Waals surface area contributed by atoms with Gasteiger partial charge in [0.25, 0.3) is 0 Å². The Labute approximate surface area is 152 Å². The van der Waals surface area contributed by atoms with Crippen LogP contribution in [0.4, 0.5) is 11.4 Å². The van der Waals surface area contributed by atoms with Crippen molar-refractivity contribution in [1.82, 2.24) is 9.78 Å². The number of hydrogen-bond donors (Lipinski definition) is 1. The highest BCUT2D eigenvalue weighted by Gasteiger charge is 2.18. The highest BCUT2D eigenvalue weighted by atomic mass is 32.1. The van der Waals surface area contributed by atoms with E-state index in [1.54, 1.807) is 0 Å². The third-order valence-corrected chi connectivity index (χ3v) is 4.08. The molecule has 0 amide bonds. The number of aromatic nitrogens is 2. The highest BCUT2D eigenvalue weighted by Crippen LogP contribution is 2.34. The summed E-state index contributed by atoms with van der Waals surface area (Å²) in [6, 6.07) is 15.9. The van der Waals surface area contributed by atoms with E-state index in [0.717, 1.165) is 33.8 Å². The Hall–Kier alpha value is -2.86. The summed E-state index contributed by atoms with van der Waals surface area (Å²) in [5.41, 5.74) is 12.0. The normalized spacial score (nSPS) is 11.2. The van der Waals surface area contributed by atoms with E-state index in [0.29, 0.717) is 5.69 Å². The SMILES string of the molecule is Cc1ccc(C)c(N=Nc2c(C)nn(C(N)=S)c2-c2ccccc2)c1. The van der Waals surface area contributed by atoms with Gasteiger partial charge >= 0.3 is 0 Å². The van der Waals surface area contributed by atoms with Crippen molar-refractivity contribution in [2.45, 2.75) is 20.8 Å². The van der Waals surface area contributed by atoms with Crippen LogP contribution < -0.4 is 5.73 Å². The molecule has 25 heavy (non-hydrogen) atoms. The molecular formula is C19H19N5S. The number of nitrogens with zero attached hydrogens (tertiary/aromatic N) is 4. The second-order valence-electron chi connectivity index (χ2n) is 5.89. The number of azo groups is 1. The van der Waals surface area contributed by atoms with Gasteiger partial charge in [-0.3, -0.25) is 0 Å². The summed E-state index contributed by atoms with van der Waals surface area (Å²) in [6.07, 6.45) is 0. The van der Waals surface area contributed by atoms with Crippen LogP contribution in [0.3, 0.4) is 0 Å². The standard InChI is InChI=1S/C19H19N5S/c1-12-9-10-13(2)16(11-12)21-22-17-14(3)23-24(19(20)25)18(17)15-7-5-4-6-8-15/h4-11H,1-3H3,(H2,20,25). The van der Waals surface area contributed by atoms with Crippen LogP contribution in [0.5, 0.6) is 0 Å². The Morgan fingerprint density at radius 1 is 1.04 bits per heavy atom. The molecule has 0 aliphatic carbocycles. The molecule has 0 saturated heterocycles. The van der Waals surface area contributed by atoms with Crippen molar-refractivity contribution >= 4 is 28.7 Å². The van der Waals surface area contributed by atoms with Gasteiger partial charge < -0.3 is 5.73 Å². The lowest BCUT2D eigenvalue weighted by molar-refractivity contribution is 0.923. The molecular weight excluding hydrogens is 330 g/mol. The molecule has 0 aliphatic heterocycles. The summed E-state index contributed by atoms with van der Waals surface area (Å²) in [5, 5.41) is 13.5. The Kier molecular flexibility index (Phi) is 4.72. The molecule has 126 valence electrons. The molecule has 1 heterocycles. The van der Waals surface area contributed by atoms with E-state index in [9.17, 15) is 0 Å². The van der Waals surface area contributed by atoms with Crippen molar-refractivity contribution in [3.05, 3.63) is 65.4 Å². The van der Waals surface area contributed by atoms with Crippen molar-refractivity contribution in [3.63, 3.8) is 0 Å². The largest absolute Gasteiger partial charge is 0.374 e. The molecule has 3 aromatic rings. The van der Waals surface area contributed by atoms with Crippen molar-refractivity contribution in [3.8, 4) is 11.3 Å². The van der Waals surface area contributed by atoms with Crippen LogP contribution in [0, 0.1) is 20.8 Å². The van der Waals surface area contributed by atoms with Crippen LogP contribution in [-0.4, -0.2) is 14.9 Å². The molecule has 3 rings (SSSR count). The van der Waals surface area contributed by atoms with Gasteiger partial charge in [-0.25, -0.2) is 4.68 Å². The molecule has 1 aromatic heterocycles. The van der Waals surface area contributed by atoms with Crippen molar-refractivity contribution in [2.24, 2.45) is 16.0 Å². The topological polar surface area (TPSA) is 68.6 Å². The summed E-state index contributed by atoms with van der Waals surface area (Å²) in [6.45, 7) is 5.92. The maximum Gasteiger partial charge on any atom is 0.191 e. The second kappa shape index (κ2) is 6.94. The highest BCUT2D eigenvalue weighted by molar-refractivity contribution is 7.80. The molecule has 2 aromatic carbocycles. The number of thiocarbonyl (C=S) groups is 1. The minimum atomic E-state index is 0.176. The number of rotatable bonds is 3. The van der Waals surface area contributed by atoms with Crippen molar-refractivity contribution in [1.29, 1.82) is 0 Å². The maximum absolute atomic E-state index is 5.85. The molecule has 0 spiro atoms. The zero-order valence-electron chi connectivity index (χ0n) is 14.4. The molecule has 0 atom stereocenters. The van der Waals surface area contributed by atoms with Gasteiger partial charge in [0.1, 0.15) is 11.4 Å². The average molecular weight is 349 g/mol. The van der Waals surface area contributed by atoms with Crippen molar-refractivity contribution in [2.75, 3.05) is 0 Å². The first kappa shape index (κ1) is 17.0. The summed E-state index contributed by atoms with van der Waals surface area (Å²) in [4.78, 5) is 0. The van der Waals surface area contributed by atoms with Gasteiger partial charge in [-0.05, 0) is 50.2 Å². The van der Waals surface area contributed by atoms with Gasteiger partial charge in [0.2, 0.25) is 0 Å². The number of nitrogens with two attached hydrogens (primary N) is 1. The Bertz CT molecular complexity index is 957. The average Bonchev–Trinajstić information content (AvgIpc) is 2.93. The molecule has 2 N–H and O–H groups in total. The second-order valence-corrected chi connectivity index (χ2v) is 6.31. The van der Waals surface area contributed by atoms with Gasteiger partial charge in [-0.15, -0.1) is 5.11 Å². The van der Waals surface area contributed by atoms with Gasteiger partial charge in [-0.1, -0.05) is 42.5 Å². The first-order valence-electron chi connectivity index (χ1n) is 7.91. The van der Waals surface area contributed by atoms with E-state index in [1.807, 2.05) is 63.2 Å². The molecule has 0 saturated carbocycles. The summed E-state index contributed by atoms with van der Waals surface area (Å²) in [5.74, 6) is 0. The fourth-order valence-electron chi connectivity index (χ4n) is 2.58. The number of benzene rings is 2. The number of hydrogen-bond acceptors (Lipinski definition) is 4. The fourth-order valence-corrected chi connectivity index (χ4v) is 2.72. The van der Waals surface area contributed by atoms with Crippen LogP contribution in [0.2, 0.25) is 0 Å². The molecule has 0 radical (unpaired) electrons. The molecule has 6 heteroatoms. The van der Waals surface area contributed by atoms with Crippen LogP contribution in [0.1, 0.15) is 16.8 Å². The monoisotopic (exact) mass is 349 g/mol. The lowest BCUT2D eigenvalue weighted by atomic mass is 10.1. The lowest BCUT2D eigenvalue weighted by Gasteiger charge is -2.06. The lowest BCUT2D eigenvalue weighted by Crippen LogP contribution is -2.21. The third-order valence-electron chi connectivity index (χ3n) is 3.91. The summed E-state index contributed by atoms with van der Waals surface area (Å²) < 4.78 is 1.54. The summed E-state index contributed by atoms with van der Waals surface area (Å²) in [7, 11) is 0. The van der Waals surface area contributed by atoms with E-state index in [4.69, 9.17) is 18.0 Å². The predicted molar refractivity (Wildman–Crippen MR) is 105 cm³/mol. The smallest absolute Gasteiger partial charge is 0.191 e. The van der Waals surface area contributed by atoms with Gasteiger partial charge in [0.05, 0.1) is 11.4 Å². The Morgan fingerprint density at radius 3 is 2.44 bits per heavy atom. The zero-order chi connectivity index (χ0) is 18.0. The zero-order valence-corrected chi connectivity index (χ0v) is 15.2. The molecule has 0 unspecified atom stereocenters. The first-order chi connectivity index (χ1) is 12.0. The first-order valence-corrected chi connectivity index (χ1v) is 8.32. The molecule has 5 nitrogen and oxygen atoms in total. The minimum Gasteiger partial charge on any atom is -0.374 e. The van der Waals surface area contributed by atoms with E-state index >= 15 is 0 Å². The Balaban J connectivity index is 2.14. The van der Waals surface area contributed by atoms with Crippen LogP contribution in [0.25, 0.3) is 11.3 Å². The third kappa shape index (κ3) is 3.49. The summed E-state index contributed by atoms with van der Waals surface area (Å²) >= 11 is 5.14. The van der Waals surface area contributed by atoms with Gasteiger partial charge in [0, 0.05) is 5.56 Å². The van der Waals surface area contributed by atoms with E-state index < -0.39 is 0 Å². The van der Waals surface area contributed by atoms with E-state index in [1.165, 1.54) is 4.68 Å². The molecule has 0 aliphatic rings. The number of aryl methyl sites for hydroxylation is 3. The van der Waals surface area contributed by atoms with Crippen LogP contribution in [-0.2, 0) is 0 Å². The van der Waals surface area contributed by atoms with Gasteiger partial charge in [-0.2, -0.15) is 10.2 Å². The minimum absolute atomic E-state index is 0.176. The quantitative estimate of drug-likeness (QED) is 0.535. The van der Waals surface area contributed by atoms with Crippen LogP contribution >= 0.6 is 12.2 Å². The van der Waals surface area contributed by atoms with Gasteiger partial charge in [0.15, 0.2) is 5.11 Å². The molecule has 0 bridgehead atoms. The predicted octanol–water partition coefficient (Wildman–Crippen LogP) is 4.98. The van der Waals surface area contributed by atoms with Crippen LogP contribution in [0.15, 0.2) is 58.8 Å². The van der Waals surface area contributed by atoms with E-state index in [2.05, 4.69) is 21.4 Å². The van der Waals surface area contributed by atoms with Crippen molar-refractivity contribution < 1.29 is 0 Å².